The summed E-state index contributed by atoms with van der Waals surface area (Å²) in [4.78, 5) is 0. The molecule has 0 aliphatic rings. The zero-order valence-corrected chi connectivity index (χ0v) is 12.3. The van der Waals surface area contributed by atoms with Gasteiger partial charge in [-0.3, -0.25) is 0 Å². The summed E-state index contributed by atoms with van der Waals surface area (Å²) in [6.07, 6.45) is 4.31. The van der Waals surface area contributed by atoms with Crippen molar-refractivity contribution in [3.8, 4) is 11.8 Å². The molecule has 16 heavy (non-hydrogen) atoms. The van der Waals surface area contributed by atoms with E-state index in [1.807, 2.05) is 7.05 Å². The molecule has 0 fully saturated rings. The minimum Gasteiger partial charge on any atom is -0.354 e. The van der Waals surface area contributed by atoms with Crippen molar-refractivity contribution < 1.29 is 4.74 Å². The van der Waals surface area contributed by atoms with Crippen molar-refractivity contribution in [2.45, 2.75) is 32.1 Å². The maximum absolute atomic E-state index is 5.72. The van der Waals surface area contributed by atoms with Crippen LogP contribution in [0.1, 0.15) is 26.7 Å². The molecule has 0 amide bonds. The van der Waals surface area contributed by atoms with Crippen LogP contribution >= 0.6 is 21.6 Å². The normalized spacial score (nSPS) is 12.3. The molecule has 0 rings (SSSR count). The molecule has 1 atom stereocenters. The first-order valence-corrected chi connectivity index (χ1v) is 8.26. The van der Waals surface area contributed by atoms with Crippen molar-refractivity contribution in [1.29, 1.82) is 0 Å². The van der Waals surface area contributed by atoms with E-state index in [1.54, 1.807) is 21.6 Å². The van der Waals surface area contributed by atoms with Crippen LogP contribution in [0.25, 0.3) is 0 Å². The third-order valence-electron chi connectivity index (χ3n) is 1.80. The lowest BCUT2D eigenvalue weighted by molar-refractivity contribution is 0.136. The van der Waals surface area contributed by atoms with Crippen molar-refractivity contribution >= 4 is 21.6 Å². The van der Waals surface area contributed by atoms with Crippen LogP contribution in [0, 0.1) is 17.8 Å². The van der Waals surface area contributed by atoms with Gasteiger partial charge in [-0.05, 0) is 32.7 Å². The van der Waals surface area contributed by atoms with E-state index in [0.29, 0.717) is 12.5 Å². The average Bonchev–Trinajstić information content (AvgIpc) is 2.24. The summed E-state index contributed by atoms with van der Waals surface area (Å²) in [5, 5.41) is 3.15. The van der Waals surface area contributed by atoms with E-state index in [2.05, 4.69) is 37.3 Å². The van der Waals surface area contributed by atoms with Crippen molar-refractivity contribution in [1.82, 2.24) is 5.32 Å². The third-order valence-corrected chi connectivity index (χ3v) is 3.80. The number of rotatable bonds is 8. The van der Waals surface area contributed by atoms with Crippen LogP contribution in [0.2, 0.25) is 0 Å². The highest BCUT2D eigenvalue weighted by Gasteiger charge is 2.07. The van der Waals surface area contributed by atoms with Crippen LogP contribution in [0.5, 0.6) is 0 Å². The molecule has 1 unspecified atom stereocenters. The van der Waals surface area contributed by atoms with Gasteiger partial charge in [0, 0.05) is 5.92 Å². The van der Waals surface area contributed by atoms with Gasteiger partial charge in [0.25, 0.3) is 0 Å². The Morgan fingerprint density at radius 1 is 1.38 bits per heavy atom. The largest absolute Gasteiger partial charge is 0.354 e. The van der Waals surface area contributed by atoms with Gasteiger partial charge in [0.15, 0.2) is 0 Å². The van der Waals surface area contributed by atoms with Gasteiger partial charge in [-0.25, -0.2) is 0 Å². The molecule has 94 valence electrons. The number of hydrogen-bond donors (Lipinski definition) is 1. The molecule has 4 heteroatoms. The Morgan fingerprint density at radius 2 is 2.12 bits per heavy atom. The van der Waals surface area contributed by atoms with Crippen molar-refractivity contribution in [2.24, 2.45) is 5.92 Å². The fourth-order valence-corrected chi connectivity index (χ4v) is 2.79. The van der Waals surface area contributed by atoms with Crippen LogP contribution in [-0.4, -0.2) is 31.9 Å². The molecular weight excluding hydrogens is 238 g/mol. The minimum atomic E-state index is 0.268. The lowest BCUT2D eigenvalue weighted by atomic mass is 10.2. The highest BCUT2D eigenvalue weighted by Crippen LogP contribution is 2.27. The van der Waals surface area contributed by atoms with E-state index >= 15 is 0 Å². The van der Waals surface area contributed by atoms with Crippen molar-refractivity contribution in [2.75, 3.05) is 26.5 Å². The number of nitrogens with one attached hydrogen (secondary N) is 1. The summed E-state index contributed by atoms with van der Waals surface area (Å²) in [6.45, 7) is 5.78. The van der Waals surface area contributed by atoms with Crippen molar-refractivity contribution in [3.63, 3.8) is 0 Å². The van der Waals surface area contributed by atoms with E-state index in [4.69, 9.17) is 4.74 Å². The lowest BCUT2D eigenvalue weighted by Crippen LogP contribution is -2.13. The zero-order valence-electron chi connectivity index (χ0n) is 10.7. The second kappa shape index (κ2) is 11.7. The van der Waals surface area contributed by atoms with Gasteiger partial charge in [0.2, 0.25) is 0 Å². The fraction of sp³-hybridized carbons (Fsp3) is 0.833. The first-order chi connectivity index (χ1) is 7.70. The van der Waals surface area contributed by atoms with Gasteiger partial charge < -0.3 is 10.1 Å². The Balaban J connectivity index is 3.72. The van der Waals surface area contributed by atoms with E-state index in [-0.39, 0.29) is 5.44 Å². The Kier molecular flexibility index (Phi) is 11.8. The zero-order chi connectivity index (χ0) is 12.2. The quantitative estimate of drug-likeness (QED) is 0.314. The summed E-state index contributed by atoms with van der Waals surface area (Å²) in [7, 11) is 5.52. The maximum Gasteiger partial charge on any atom is 0.114 e. The molecule has 0 aromatic heterocycles. The minimum absolute atomic E-state index is 0.268. The summed E-state index contributed by atoms with van der Waals surface area (Å²) in [6, 6.07) is 0. The van der Waals surface area contributed by atoms with Crippen LogP contribution in [0.3, 0.4) is 0 Å². The molecule has 0 saturated carbocycles. The molecule has 0 aliphatic carbocycles. The summed E-state index contributed by atoms with van der Waals surface area (Å²) < 4.78 is 5.72. The second-order valence-electron chi connectivity index (χ2n) is 3.73. The van der Waals surface area contributed by atoms with Gasteiger partial charge >= 0.3 is 0 Å². The lowest BCUT2D eigenvalue weighted by Gasteiger charge is -2.14. The van der Waals surface area contributed by atoms with Crippen LogP contribution in [0.15, 0.2) is 0 Å². The molecule has 0 bridgehead atoms. The molecule has 1 N–H and O–H groups in total. The van der Waals surface area contributed by atoms with Gasteiger partial charge in [0.1, 0.15) is 12.0 Å². The molecule has 0 aromatic carbocycles. The van der Waals surface area contributed by atoms with E-state index in [1.165, 1.54) is 0 Å². The molecule has 0 radical (unpaired) electrons. The number of ether oxygens (including phenoxy) is 1. The van der Waals surface area contributed by atoms with Gasteiger partial charge in [-0.15, -0.1) is 0 Å². The standard InChI is InChI=1S/C12H23NOS2/c1-11(2)7-6-10-14-12(16-15-4)8-5-9-13-3/h11-13H,5,8-10H2,1-4H3. The van der Waals surface area contributed by atoms with E-state index in [0.717, 1.165) is 19.4 Å². The molecule has 2 nitrogen and oxygen atoms in total. The molecule has 0 aromatic rings. The summed E-state index contributed by atoms with van der Waals surface area (Å²) >= 11 is 0. The smallest absolute Gasteiger partial charge is 0.114 e. The fourth-order valence-electron chi connectivity index (χ4n) is 1.09. The number of hydrogen-bond acceptors (Lipinski definition) is 4. The van der Waals surface area contributed by atoms with E-state index in [9.17, 15) is 0 Å². The predicted octanol–water partition coefficient (Wildman–Crippen LogP) is 3.00. The average molecular weight is 261 g/mol. The van der Waals surface area contributed by atoms with Crippen molar-refractivity contribution in [3.05, 3.63) is 0 Å². The van der Waals surface area contributed by atoms with E-state index < -0.39 is 0 Å². The first kappa shape index (κ1) is 16.2. The van der Waals surface area contributed by atoms with Gasteiger partial charge in [0.05, 0.1) is 0 Å². The highest BCUT2D eigenvalue weighted by molar-refractivity contribution is 8.76. The summed E-state index contributed by atoms with van der Waals surface area (Å²) in [5.74, 6) is 6.59. The molecular formula is C12H23NOS2. The van der Waals surface area contributed by atoms with Crippen LogP contribution in [-0.2, 0) is 4.74 Å². The van der Waals surface area contributed by atoms with Crippen LogP contribution < -0.4 is 5.32 Å². The van der Waals surface area contributed by atoms with Crippen LogP contribution in [0.4, 0.5) is 0 Å². The highest BCUT2D eigenvalue weighted by atomic mass is 33.1. The monoisotopic (exact) mass is 261 g/mol. The Bertz CT molecular complexity index is 211. The molecule has 0 heterocycles. The Morgan fingerprint density at radius 3 is 2.69 bits per heavy atom. The third kappa shape index (κ3) is 10.7. The molecule has 0 saturated heterocycles. The SMILES string of the molecule is CNCCCC(OCC#CC(C)C)SSC. The van der Waals surface area contributed by atoms with Gasteiger partial charge in [-0.1, -0.05) is 47.3 Å². The second-order valence-corrected chi connectivity index (χ2v) is 6.35. The summed E-state index contributed by atoms with van der Waals surface area (Å²) in [5.41, 5.74) is 0.268. The maximum atomic E-state index is 5.72. The molecule has 0 aliphatic heterocycles. The first-order valence-electron chi connectivity index (χ1n) is 5.64. The topological polar surface area (TPSA) is 21.3 Å². The Hall–Kier alpha value is 0.180. The predicted molar refractivity (Wildman–Crippen MR) is 76.6 cm³/mol. The molecule has 0 spiro atoms. The van der Waals surface area contributed by atoms with Gasteiger partial charge in [-0.2, -0.15) is 0 Å². The Labute approximate surface area is 108 Å².